The Morgan fingerprint density at radius 1 is 1.11 bits per heavy atom. The van der Waals surface area contributed by atoms with Crippen LogP contribution in [0.3, 0.4) is 0 Å². The van der Waals surface area contributed by atoms with E-state index in [4.69, 9.17) is 15.3 Å². The van der Waals surface area contributed by atoms with Crippen LogP contribution < -0.4 is 4.74 Å². The van der Waals surface area contributed by atoms with Crippen LogP contribution in [0, 0.1) is 28.5 Å². The molecule has 0 radical (unpaired) electrons. The molecule has 5 heteroatoms. The molecule has 0 unspecified atom stereocenters. The van der Waals surface area contributed by atoms with Crippen LogP contribution in [0.1, 0.15) is 11.3 Å². The summed E-state index contributed by atoms with van der Waals surface area (Å²) in [6, 6.07) is 10.5. The van der Waals surface area contributed by atoms with Crippen LogP contribution in [0.2, 0.25) is 0 Å². The Bertz CT molecular complexity index is 671. The van der Waals surface area contributed by atoms with E-state index in [1.54, 1.807) is 0 Å². The lowest BCUT2D eigenvalue weighted by atomic mass is 10.2. The molecule has 4 nitrogen and oxygen atoms in total. The van der Waals surface area contributed by atoms with Gasteiger partial charge in [-0.05, 0) is 24.3 Å². The summed E-state index contributed by atoms with van der Waals surface area (Å²) in [5.41, 5.74) is 0.397. The van der Waals surface area contributed by atoms with Crippen molar-refractivity contribution in [1.29, 1.82) is 10.5 Å². The van der Waals surface area contributed by atoms with Crippen molar-refractivity contribution < 1.29 is 9.13 Å². The maximum absolute atomic E-state index is 13.5. The number of halogens is 1. The summed E-state index contributed by atoms with van der Waals surface area (Å²) >= 11 is 0. The van der Waals surface area contributed by atoms with Gasteiger partial charge in [-0.15, -0.1) is 0 Å². The van der Waals surface area contributed by atoms with E-state index in [0.717, 1.165) is 6.07 Å². The first-order valence-electron chi connectivity index (χ1n) is 4.96. The van der Waals surface area contributed by atoms with Gasteiger partial charge in [0.05, 0.1) is 11.6 Å². The third-order valence-electron chi connectivity index (χ3n) is 2.13. The zero-order chi connectivity index (χ0) is 13.0. The molecule has 0 spiro atoms. The molecular formula is C13H6FN3O. The van der Waals surface area contributed by atoms with Gasteiger partial charge in [-0.2, -0.15) is 10.5 Å². The third kappa shape index (κ3) is 2.42. The van der Waals surface area contributed by atoms with Crippen LogP contribution in [0.4, 0.5) is 4.39 Å². The van der Waals surface area contributed by atoms with Crippen LogP contribution >= 0.6 is 0 Å². The van der Waals surface area contributed by atoms with E-state index in [2.05, 4.69) is 4.98 Å². The first-order valence-corrected chi connectivity index (χ1v) is 4.96. The number of pyridine rings is 1. The number of benzene rings is 1. The molecule has 0 aliphatic rings. The molecule has 0 atom stereocenters. The zero-order valence-corrected chi connectivity index (χ0v) is 9.09. The molecular weight excluding hydrogens is 233 g/mol. The summed E-state index contributed by atoms with van der Waals surface area (Å²) in [4.78, 5) is 3.77. The summed E-state index contributed by atoms with van der Waals surface area (Å²) < 4.78 is 18.8. The van der Waals surface area contributed by atoms with Gasteiger partial charge in [0.1, 0.15) is 17.5 Å². The van der Waals surface area contributed by atoms with Crippen LogP contribution in [0.25, 0.3) is 0 Å². The van der Waals surface area contributed by atoms with Crippen molar-refractivity contribution in [2.24, 2.45) is 0 Å². The van der Waals surface area contributed by atoms with Gasteiger partial charge in [0, 0.05) is 12.3 Å². The fourth-order valence-electron chi connectivity index (χ4n) is 1.32. The monoisotopic (exact) mass is 239 g/mol. The molecule has 0 N–H and O–H groups in total. The van der Waals surface area contributed by atoms with E-state index >= 15 is 0 Å². The highest BCUT2D eigenvalue weighted by Crippen LogP contribution is 2.24. The average molecular weight is 239 g/mol. The summed E-state index contributed by atoms with van der Waals surface area (Å²) in [6.45, 7) is 0. The van der Waals surface area contributed by atoms with Crippen molar-refractivity contribution in [3.05, 3.63) is 53.6 Å². The van der Waals surface area contributed by atoms with Gasteiger partial charge in [-0.3, -0.25) is 0 Å². The topological polar surface area (TPSA) is 69.7 Å². The minimum Gasteiger partial charge on any atom is -0.454 e. The van der Waals surface area contributed by atoms with Crippen LogP contribution in [-0.4, -0.2) is 4.98 Å². The number of ether oxygens (including phenoxy) is 1. The lowest BCUT2D eigenvalue weighted by Gasteiger charge is -2.06. The first-order chi connectivity index (χ1) is 8.72. The predicted molar refractivity (Wildman–Crippen MR) is 60.1 cm³/mol. The summed E-state index contributed by atoms with van der Waals surface area (Å²) in [6.07, 6.45) is 1.40. The summed E-state index contributed by atoms with van der Waals surface area (Å²) in [7, 11) is 0. The molecule has 0 bridgehead atoms. The highest BCUT2D eigenvalue weighted by molar-refractivity contribution is 5.39. The molecule has 1 heterocycles. The molecule has 0 aliphatic carbocycles. The molecule has 2 rings (SSSR count). The van der Waals surface area contributed by atoms with E-state index in [9.17, 15) is 4.39 Å². The molecule has 86 valence electrons. The smallest absolute Gasteiger partial charge is 0.167 e. The number of aromatic nitrogens is 1. The molecule has 0 saturated heterocycles. The van der Waals surface area contributed by atoms with Crippen LogP contribution in [0.5, 0.6) is 11.5 Å². The van der Waals surface area contributed by atoms with Crippen molar-refractivity contribution in [3.63, 3.8) is 0 Å². The predicted octanol–water partition coefficient (Wildman–Crippen LogP) is 2.76. The standard InChI is InChI=1S/C13H6FN3O/c14-12-5-9(7-15)1-2-13(12)18-11-3-4-17-10(6-11)8-16/h1-6H. The molecule has 18 heavy (non-hydrogen) atoms. The lowest BCUT2D eigenvalue weighted by Crippen LogP contribution is -1.91. The Morgan fingerprint density at radius 3 is 2.61 bits per heavy atom. The quantitative estimate of drug-likeness (QED) is 0.807. The van der Waals surface area contributed by atoms with Gasteiger partial charge < -0.3 is 4.74 Å². The maximum atomic E-state index is 13.5. The Hall–Kier alpha value is -2.92. The maximum Gasteiger partial charge on any atom is 0.167 e. The van der Waals surface area contributed by atoms with Crippen molar-refractivity contribution >= 4 is 0 Å². The van der Waals surface area contributed by atoms with Gasteiger partial charge in [0.2, 0.25) is 0 Å². The number of nitrogens with zero attached hydrogens (tertiary/aromatic N) is 3. The second-order valence-electron chi connectivity index (χ2n) is 3.35. The molecule has 0 amide bonds. The van der Waals surface area contributed by atoms with Gasteiger partial charge in [0.25, 0.3) is 0 Å². The van der Waals surface area contributed by atoms with Gasteiger partial charge in [-0.1, -0.05) is 0 Å². The normalized spacial score (nSPS) is 9.28. The van der Waals surface area contributed by atoms with Crippen molar-refractivity contribution in [2.45, 2.75) is 0 Å². The van der Waals surface area contributed by atoms with Gasteiger partial charge in [-0.25, -0.2) is 9.37 Å². The molecule has 1 aromatic carbocycles. The molecule has 0 saturated carbocycles. The summed E-state index contributed by atoms with van der Waals surface area (Å²) in [5, 5.41) is 17.3. The lowest BCUT2D eigenvalue weighted by molar-refractivity contribution is 0.441. The first kappa shape index (κ1) is 11.6. The third-order valence-corrected chi connectivity index (χ3v) is 2.13. The number of hydrogen-bond donors (Lipinski definition) is 0. The second kappa shape index (κ2) is 4.94. The van der Waals surface area contributed by atoms with Gasteiger partial charge in [0.15, 0.2) is 11.6 Å². The van der Waals surface area contributed by atoms with Gasteiger partial charge >= 0.3 is 0 Å². The average Bonchev–Trinajstić information content (AvgIpc) is 2.41. The van der Waals surface area contributed by atoms with E-state index in [1.807, 2.05) is 12.1 Å². The fraction of sp³-hybridized carbons (Fsp3) is 0. The van der Waals surface area contributed by atoms with E-state index in [1.165, 1.54) is 30.5 Å². The van der Waals surface area contributed by atoms with Crippen LogP contribution in [0.15, 0.2) is 36.5 Å². The molecule has 1 aromatic heterocycles. The Balaban J connectivity index is 2.29. The number of nitriles is 2. The molecule has 0 aliphatic heterocycles. The van der Waals surface area contributed by atoms with E-state index in [0.29, 0.717) is 5.75 Å². The Morgan fingerprint density at radius 2 is 1.94 bits per heavy atom. The van der Waals surface area contributed by atoms with E-state index < -0.39 is 5.82 Å². The summed E-state index contributed by atoms with van der Waals surface area (Å²) in [5.74, 6) is -0.335. The van der Waals surface area contributed by atoms with E-state index in [-0.39, 0.29) is 17.0 Å². The highest BCUT2D eigenvalue weighted by Gasteiger charge is 2.06. The molecule has 2 aromatic rings. The SMILES string of the molecule is N#Cc1ccc(Oc2ccnc(C#N)c2)c(F)c1. The molecule has 0 fully saturated rings. The van der Waals surface area contributed by atoms with Crippen molar-refractivity contribution in [1.82, 2.24) is 4.98 Å². The number of rotatable bonds is 2. The second-order valence-corrected chi connectivity index (χ2v) is 3.35. The van der Waals surface area contributed by atoms with Crippen molar-refractivity contribution in [2.75, 3.05) is 0 Å². The minimum absolute atomic E-state index is 0.0101. The minimum atomic E-state index is -0.635. The fourth-order valence-corrected chi connectivity index (χ4v) is 1.32. The number of hydrogen-bond acceptors (Lipinski definition) is 4. The highest BCUT2D eigenvalue weighted by atomic mass is 19.1. The van der Waals surface area contributed by atoms with Crippen LogP contribution in [-0.2, 0) is 0 Å². The van der Waals surface area contributed by atoms with Crippen molar-refractivity contribution in [3.8, 4) is 23.6 Å². The Kier molecular flexibility index (Phi) is 3.17. The largest absolute Gasteiger partial charge is 0.454 e. The zero-order valence-electron chi connectivity index (χ0n) is 9.09. The Labute approximate surface area is 103 Å².